The molecule has 8 nitrogen and oxygen atoms in total. The molecule has 0 aliphatic carbocycles. The zero-order valence-electron chi connectivity index (χ0n) is 19.6. The fourth-order valence-corrected chi connectivity index (χ4v) is 3.38. The smallest absolute Gasteiger partial charge is 0.338 e. The highest BCUT2D eigenvalue weighted by molar-refractivity contribution is 5.93. The van der Waals surface area contributed by atoms with Gasteiger partial charge in [-0.2, -0.15) is 0 Å². The Morgan fingerprint density at radius 1 is 1.00 bits per heavy atom. The van der Waals surface area contributed by atoms with Crippen molar-refractivity contribution in [1.82, 2.24) is 10.6 Å². The van der Waals surface area contributed by atoms with E-state index in [4.69, 9.17) is 14.2 Å². The minimum Gasteiger partial charge on any atom is -0.464 e. The van der Waals surface area contributed by atoms with Crippen LogP contribution in [0.5, 0.6) is 0 Å². The Morgan fingerprint density at radius 3 is 2.25 bits per heavy atom. The second-order valence-electron chi connectivity index (χ2n) is 8.77. The summed E-state index contributed by atoms with van der Waals surface area (Å²) in [5, 5.41) is 5.65. The molecule has 8 heteroatoms. The van der Waals surface area contributed by atoms with E-state index in [1.807, 2.05) is 32.0 Å². The van der Waals surface area contributed by atoms with Crippen molar-refractivity contribution in [3.63, 3.8) is 0 Å². The molecule has 1 fully saturated rings. The van der Waals surface area contributed by atoms with Crippen molar-refractivity contribution >= 4 is 17.8 Å². The van der Waals surface area contributed by atoms with E-state index in [2.05, 4.69) is 24.5 Å². The van der Waals surface area contributed by atoms with E-state index >= 15 is 0 Å². The molecule has 2 rings (SSSR count). The zero-order chi connectivity index (χ0) is 23.7. The minimum absolute atomic E-state index is 0.150. The van der Waals surface area contributed by atoms with Gasteiger partial charge in [-0.1, -0.05) is 58.0 Å². The normalized spacial score (nSPS) is 21.4. The quantitative estimate of drug-likeness (QED) is 0.505. The lowest BCUT2D eigenvalue weighted by Gasteiger charge is -2.23. The van der Waals surface area contributed by atoms with Gasteiger partial charge in [0, 0.05) is 12.1 Å². The number of esters is 1. The summed E-state index contributed by atoms with van der Waals surface area (Å²) in [5.41, 5.74) is 0.683. The highest BCUT2D eigenvalue weighted by Gasteiger charge is 2.47. The van der Waals surface area contributed by atoms with Crippen molar-refractivity contribution in [2.45, 2.75) is 72.0 Å². The van der Waals surface area contributed by atoms with E-state index in [-0.39, 0.29) is 18.4 Å². The summed E-state index contributed by atoms with van der Waals surface area (Å²) in [4.78, 5) is 38.3. The number of nitrogens with one attached hydrogen (secondary N) is 2. The average Bonchev–Trinajstić information content (AvgIpc) is 3.19. The third-order valence-electron chi connectivity index (χ3n) is 5.03. The summed E-state index contributed by atoms with van der Waals surface area (Å²) in [6.45, 7) is 10.5. The Hall–Kier alpha value is -2.45. The number of carbonyl (C=O) groups excluding carboxylic acids is 3. The van der Waals surface area contributed by atoms with Gasteiger partial charge in [-0.3, -0.25) is 9.59 Å². The first-order valence-electron chi connectivity index (χ1n) is 11.3. The number of amides is 2. The molecule has 1 aromatic carbocycles. The van der Waals surface area contributed by atoms with Gasteiger partial charge >= 0.3 is 5.97 Å². The lowest BCUT2D eigenvalue weighted by molar-refractivity contribution is -0.158. The highest BCUT2D eigenvalue weighted by atomic mass is 16.7. The molecule has 0 saturated carbocycles. The van der Waals surface area contributed by atoms with Crippen LogP contribution < -0.4 is 10.6 Å². The van der Waals surface area contributed by atoms with Crippen LogP contribution in [-0.2, 0) is 28.6 Å². The fourth-order valence-electron chi connectivity index (χ4n) is 3.38. The summed E-state index contributed by atoms with van der Waals surface area (Å²) >= 11 is 0. The van der Waals surface area contributed by atoms with Gasteiger partial charge in [0.15, 0.2) is 18.5 Å². The molecule has 1 aromatic rings. The monoisotopic (exact) mass is 448 g/mol. The molecule has 0 bridgehead atoms. The van der Waals surface area contributed by atoms with E-state index in [0.29, 0.717) is 24.4 Å². The van der Waals surface area contributed by atoms with Crippen LogP contribution in [0.15, 0.2) is 30.3 Å². The average molecular weight is 449 g/mol. The summed E-state index contributed by atoms with van der Waals surface area (Å²) in [7, 11) is 0. The molecule has 1 heterocycles. The molecular weight excluding hydrogens is 412 g/mol. The van der Waals surface area contributed by atoms with Crippen LogP contribution in [0.25, 0.3) is 0 Å². The van der Waals surface area contributed by atoms with Crippen LogP contribution in [-0.4, -0.2) is 49.2 Å². The molecule has 2 amide bonds. The Bertz CT molecular complexity index is 752. The topological polar surface area (TPSA) is 103 Å². The van der Waals surface area contributed by atoms with E-state index < -0.39 is 36.4 Å². The standard InChI is InChI=1S/C24H36N2O6/c1-6-30-23(29)20-19(31-24(32-20)17-10-8-7-9-11-17)22(28)26-18(14-16(4)5)21(27)25-13-12-15(2)3/h7-11,15-16,18-20,24H,6,12-14H2,1-5H3,(H,25,27)(H,26,28)/t18-,19+,20+,24?/m0/s1. The fraction of sp³-hybridized carbons (Fsp3) is 0.625. The van der Waals surface area contributed by atoms with Crippen molar-refractivity contribution in [1.29, 1.82) is 0 Å². The van der Waals surface area contributed by atoms with Gasteiger partial charge in [-0.15, -0.1) is 0 Å². The lowest BCUT2D eigenvalue weighted by Crippen LogP contribution is -2.53. The summed E-state index contributed by atoms with van der Waals surface area (Å²) < 4.78 is 16.7. The maximum absolute atomic E-state index is 13.1. The minimum atomic E-state index is -1.22. The molecule has 32 heavy (non-hydrogen) atoms. The molecule has 4 atom stereocenters. The zero-order valence-corrected chi connectivity index (χ0v) is 19.6. The summed E-state index contributed by atoms with van der Waals surface area (Å²) in [5.74, 6) is -0.870. The summed E-state index contributed by atoms with van der Waals surface area (Å²) in [6, 6.07) is 8.31. The van der Waals surface area contributed by atoms with Crippen molar-refractivity contribution in [2.75, 3.05) is 13.2 Å². The maximum atomic E-state index is 13.1. The van der Waals surface area contributed by atoms with Crippen LogP contribution in [0.1, 0.15) is 59.3 Å². The SMILES string of the molecule is CCOC(=O)[C@@H]1OC(c2ccccc2)O[C@H]1C(=O)N[C@@H](CC(C)C)C(=O)NCCC(C)C. The predicted octanol–water partition coefficient (Wildman–Crippen LogP) is 2.73. The molecule has 1 unspecified atom stereocenters. The van der Waals surface area contributed by atoms with Crippen molar-refractivity contribution in [2.24, 2.45) is 11.8 Å². The van der Waals surface area contributed by atoms with E-state index in [9.17, 15) is 14.4 Å². The van der Waals surface area contributed by atoms with Gasteiger partial charge in [0.05, 0.1) is 6.61 Å². The first-order chi connectivity index (χ1) is 15.2. The van der Waals surface area contributed by atoms with Gasteiger partial charge in [0.2, 0.25) is 5.91 Å². The second-order valence-corrected chi connectivity index (χ2v) is 8.77. The van der Waals surface area contributed by atoms with Gasteiger partial charge < -0.3 is 24.8 Å². The van der Waals surface area contributed by atoms with Crippen molar-refractivity contribution < 1.29 is 28.6 Å². The molecular formula is C24H36N2O6. The van der Waals surface area contributed by atoms with E-state index in [0.717, 1.165) is 6.42 Å². The molecule has 1 saturated heterocycles. The van der Waals surface area contributed by atoms with Crippen LogP contribution >= 0.6 is 0 Å². The Morgan fingerprint density at radius 2 is 1.66 bits per heavy atom. The molecule has 0 spiro atoms. The van der Waals surface area contributed by atoms with E-state index in [1.165, 1.54) is 0 Å². The predicted molar refractivity (Wildman–Crippen MR) is 119 cm³/mol. The highest BCUT2D eigenvalue weighted by Crippen LogP contribution is 2.32. The molecule has 0 radical (unpaired) electrons. The maximum Gasteiger partial charge on any atom is 0.338 e. The third-order valence-corrected chi connectivity index (χ3v) is 5.03. The first-order valence-corrected chi connectivity index (χ1v) is 11.3. The van der Waals surface area contributed by atoms with Crippen LogP contribution in [0.3, 0.4) is 0 Å². The van der Waals surface area contributed by atoms with Gasteiger partial charge in [0.1, 0.15) is 6.04 Å². The van der Waals surface area contributed by atoms with Crippen LogP contribution in [0.4, 0.5) is 0 Å². The van der Waals surface area contributed by atoms with E-state index in [1.54, 1.807) is 19.1 Å². The third kappa shape index (κ3) is 7.60. The van der Waals surface area contributed by atoms with Crippen molar-refractivity contribution in [3.05, 3.63) is 35.9 Å². The van der Waals surface area contributed by atoms with Gasteiger partial charge in [0.25, 0.3) is 5.91 Å². The Labute approximate surface area is 190 Å². The van der Waals surface area contributed by atoms with Crippen LogP contribution in [0.2, 0.25) is 0 Å². The van der Waals surface area contributed by atoms with Crippen LogP contribution in [0, 0.1) is 11.8 Å². The Balaban J connectivity index is 2.13. The Kier molecular flexibility index (Phi) is 10.1. The molecule has 0 aromatic heterocycles. The number of carbonyl (C=O) groups is 3. The number of rotatable bonds is 11. The number of benzene rings is 1. The molecule has 2 N–H and O–H groups in total. The number of ether oxygens (including phenoxy) is 3. The van der Waals surface area contributed by atoms with Gasteiger partial charge in [-0.05, 0) is 31.6 Å². The first kappa shape index (κ1) is 25.8. The van der Waals surface area contributed by atoms with Gasteiger partial charge in [-0.25, -0.2) is 4.79 Å². The van der Waals surface area contributed by atoms with Crippen molar-refractivity contribution in [3.8, 4) is 0 Å². The number of hydrogen-bond donors (Lipinski definition) is 2. The number of hydrogen-bond acceptors (Lipinski definition) is 6. The summed E-state index contributed by atoms with van der Waals surface area (Å²) in [6.07, 6.45) is -2.03. The largest absolute Gasteiger partial charge is 0.464 e. The molecule has 1 aliphatic rings. The molecule has 1 aliphatic heterocycles. The molecule has 178 valence electrons. The second kappa shape index (κ2) is 12.6. The lowest BCUT2D eigenvalue weighted by atomic mass is 10.0.